The second-order valence-electron chi connectivity index (χ2n) is 10.0. The molecule has 6 bridgehead atoms. The number of benzene rings is 3. The minimum Gasteiger partial charge on any atom is -0.494 e. The van der Waals surface area contributed by atoms with Gasteiger partial charge in [-0.1, -0.05) is 12.1 Å². The molecular weight excluding hydrogens is 546 g/mol. The van der Waals surface area contributed by atoms with E-state index in [9.17, 15) is 18.0 Å². The largest absolute Gasteiger partial charge is 0.494 e. The lowest BCUT2D eigenvalue weighted by atomic mass is 9.87. The van der Waals surface area contributed by atoms with Crippen LogP contribution in [0.5, 0.6) is 17.2 Å². The Kier molecular flexibility index (Phi) is 8.07. The van der Waals surface area contributed by atoms with Crippen molar-refractivity contribution in [1.29, 1.82) is 0 Å². The summed E-state index contributed by atoms with van der Waals surface area (Å²) < 4.78 is 42.6. The molecule has 1 unspecified atom stereocenters. The zero-order valence-corrected chi connectivity index (χ0v) is 24.1. The number of ether oxygens (including phenoxy) is 3. The smallest absolute Gasteiger partial charge is 0.257 e. The van der Waals surface area contributed by atoms with Gasteiger partial charge in [0.1, 0.15) is 5.75 Å². The van der Waals surface area contributed by atoms with E-state index in [0.717, 1.165) is 22.9 Å². The number of amides is 2. The second-order valence-corrected chi connectivity index (χ2v) is 12.1. The summed E-state index contributed by atoms with van der Waals surface area (Å²) in [5.74, 6) is 1.17. The van der Waals surface area contributed by atoms with E-state index < -0.39 is 16.1 Å². The van der Waals surface area contributed by atoms with E-state index >= 15 is 0 Å². The molecule has 1 atom stereocenters. The molecule has 11 heteroatoms. The van der Waals surface area contributed by atoms with Gasteiger partial charge in [-0.05, 0) is 78.1 Å². The van der Waals surface area contributed by atoms with Gasteiger partial charge in [0.2, 0.25) is 10.0 Å². The predicted octanol–water partition coefficient (Wildman–Crippen LogP) is 3.16. The third-order valence-electron chi connectivity index (χ3n) is 7.33. The van der Waals surface area contributed by atoms with Gasteiger partial charge in [0.15, 0.2) is 18.1 Å². The standard InChI is InChI=1S/C30H33N3O7S/c1-32(41(3,36)37)23-10-8-20(9-11-23)30(35)33-14-12-21-17-27-26(38-2)18-25(21)29(33)22-6-4-7-24(16-22)39-15-5-13-31-28(34)19-40-27/h4,6-11,16-18,29H,5,12-15,19H2,1-3H3,(H,31,34). The summed E-state index contributed by atoms with van der Waals surface area (Å²) in [6.07, 6.45) is 2.32. The van der Waals surface area contributed by atoms with Gasteiger partial charge in [-0.2, -0.15) is 0 Å². The van der Waals surface area contributed by atoms with E-state index in [2.05, 4.69) is 5.32 Å². The number of methoxy groups -OCH3 is 1. The molecule has 3 aromatic rings. The summed E-state index contributed by atoms with van der Waals surface area (Å²) in [7, 11) is -0.422. The summed E-state index contributed by atoms with van der Waals surface area (Å²) in [6, 6.07) is 17.5. The summed E-state index contributed by atoms with van der Waals surface area (Å²) >= 11 is 0. The van der Waals surface area contributed by atoms with Crippen LogP contribution in [-0.2, 0) is 21.2 Å². The van der Waals surface area contributed by atoms with E-state index in [1.54, 1.807) is 24.3 Å². The number of fused-ring (bicyclic) bond motifs is 8. The Morgan fingerprint density at radius 1 is 1.10 bits per heavy atom. The average molecular weight is 580 g/mol. The fraction of sp³-hybridized carbons (Fsp3) is 0.333. The van der Waals surface area contributed by atoms with Crippen molar-refractivity contribution in [3.63, 3.8) is 0 Å². The lowest BCUT2D eigenvalue weighted by Crippen LogP contribution is -2.40. The highest BCUT2D eigenvalue weighted by Crippen LogP contribution is 2.42. The minimum atomic E-state index is -3.43. The molecular formula is C30H33N3O7S. The molecule has 6 rings (SSSR count). The first-order valence-corrected chi connectivity index (χ1v) is 15.2. The maximum absolute atomic E-state index is 14.0. The maximum atomic E-state index is 14.0. The molecule has 0 spiro atoms. The highest BCUT2D eigenvalue weighted by molar-refractivity contribution is 7.92. The van der Waals surface area contributed by atoms with E-state index in [-0.39, 0.29) is 18.4 Å². The average Bonchev–Trinajstić information content (AvgIpc) is 2.97. The quantitative estimate of drug-likeness (QED) is 0.505. The predicted molar refractivity (Wildman–Crippen MR) is 154 cm³/mol. The van der Waals surface area contributed by atoms with Gasteiger partial charge in [0, 0.05) is 25.7 Å². The number of anilines is 1. The maximum Gasteiger partial charge on any atom is 0.257 e. The van der Waals surface area contributed by atoms with Gasteiger partial charge < -0.3 is 24.4 Å². The van der Waals surface area contributed by atoms with Crippen molar-refractivity contribution >= 4 is 27.5 Å². The first-order chi connectivity index (χ1) is 19.7. The summed E-state index contributed by atoms with van der Waals surface area (Å²) in [4.78, 5) is 28.1. The second kappa shape index (κ2) is 11.7. The summed E-state index contributed by atoms with van der Waals surface area (Å²) in [5, 5.41) is 2.84. The Bertz CT molecular complexity index is 1560. The number of rotatable bonds is 4. The minimum absolute atomic E-state index is 0.145. The van der Waals surface area contributed by atoms with Crippen LogP contribution in [0, 0.1) is 0 Å². The first-order valence-electron chi connectivity index (χ1n) is 13.3. The van der Waals surface area contributed by atoms with Gasteiger partial charge in [0.25, 0.3) is 11.8 Å². The number of sulfonamides is 1. The third-order valence-corrected chi connectivity index (χ3v) is 8.54. The van der Waals surface area contributed by atoms with Gasteiger partial charge in [-0.25, -0.2) is 8.42 Å². The Labute approximate surface area is 239 Å². The van der Waals surface area contributed by atoms with Crippen molar-refractivity contribution in [1.82, 2.24) is 10.2 Å². The number of hydrogen-bond donors (Lipinski definition) is 1. The first kappa shape index (κ1) is 28.3. The van der Waals surface area contributed by atoms with Crippen LogP contribution in [0.4, 0.5) is 5.69 Å². The van der Waals surface area contributed by atoms with Crippen LogP contribution in [0.25, 0.3) is 0 Å². The molecule has 10 nitrogen and oxygen atoms in total. The molecule has 0 saturated heterocycles. The van der Waals surface area contributed by atoms with E-state index in [1.807, 2.05) is 41.3 Å². The molecule has 2 amide bonds. The molecule has 0 aliphatic carbocycles. The lowest BCUT2D eigenvalue weighted by Gasteiger charge is -2.38. The van der Waals surface area contributed by atoms with Gasteiger partial charge in [0.05, 0.1) is 31.7 Å². The fourth-order valence-electron chi connectivity index (χ4n) is 5.11. The molecule has 3 aliphatic heterocycles. The van der Waals surface area contributed by atoms with Crippen molar-refractivity contribution < 1.29 is 32.2 Å². The Morgan fingerprint density at radius 2 is 1.88 bits per heavy atom. The molecule has 0 aromatic heterocycles. The van der Waals surface area contributed by atoms with Crippen LogP contribution in [-0.4, -0.2) is 71.8 Å². The number of nitrogens with one attached hydrogen (secondary N) is 1. The van der Waals surface area contributed by atoms with Crippen molar-refractivity contribution in [2.75, 3.05) is 51.0 Å². The Hall–Kier alpha value is -4.25. The number of nitrogens with zero attached hydrogens (tertiary/aromatic N) is 2. The van der Waals surface area contributed by atoms with Crippen LogP contribution in [0.2, 0.25) is 0 Å². The Morgan fingerprint density at radius 3 is 2.61 bits per heavy atom. The topological polar surface area (TPSA) is 114 Å². The van der Waals surface area contributed by atoms with E-state index in [1.165, 1.54) is 18.5 Å². The molecule has 3 heterocycles. The van der Waals surface area contributed by atoms with Crippen molar-refractivity contribution in [3.05, 3.63) is 82.9 Å². The lowest BCUT2D eigenvalue weighted by molar-refractivity contribution is -0.123. The number of hydrogen-bond acceptors (Lipinski definition) is 7. The van der Waals surface area contributed by atoms with Gasteiger partial charge >= 0.3 is 0 Å². The van der Waals surface area contributed by atoms with Gasteiger partial charge in [-0.3, -0.25) is 13.9 Å². The SMILES string of the molecule is COc1cc2c3cc1OCC(=O)NCCCOc1cccc(c1)C2N(C(=O)c1ccc(N(C)S(C)(=O)=O)cc1)CC3. The van der Waals surface area contributed by atoms with Crippen LogP contribution in [0.3, 0.4) is 0 Å². The molecule has 3 aromatic carbocycles. The van der Waals surface area contributed by atoms with Crippen molar-refractivity contribution in [2.24, 2.45) is 0 Å². The number of carbonyl (C=O) groups is 2. The molecule has 0 radical (unpaired) electrons. The van der Waals surface area contributed by atoms with Crippen molar-refractivity contribution in [3.8, 4) is 17.2 Å². The van der Waals surface area contributed by atoms with Crippen LogP contribution < -0.4 is 23.8 Å². The number of carbonyl (C=O) groups excluding carboxylic acids is 2. The molecule has 41 heavy (non-hydrogen) atoms. The van der Waals surface area contributed by atoms with Gasteiger partial charge in [-0.15, -0.1) is 0 Å². The molecule has 3 aliphatic rings. The third kappa shape index (κ3) is 6.09. The molecule has 0 fully saturated rings. The highest BCUT2D eigenvalue weighted by atomic mass is 32.2. The highest BCUT2D eigenvalue weighted by Gasteiger charge is 2.34. The molecule has 0 saturated carbocycles. The summed E-state index contributed by atoms with van der Waals surface area (Å²) in [6.45, 7) is 1.15. The van der Waals surface area contributed by atoms with E-state index in [4.69, 9.17) is 14.2 Å². The normalized spacial score (nSPS) is 17.2. The summed E-state index contributed by atoms with van der Waals surface area (Å²) in [5.41, 5.74) is 3.65. The van der Waals surface area contributed by atoms with Crippen LogP contribution in [0.1, 0.15) is 39.5 Å². The van der Waals surface area contributed by atoms with Crippen molar-refractivity contribution in [2.45, 2.75) is 18.9 Å². The van der Waals surface area contributed by atoms with E-state index in [0.29, 0.717) is 61.0 Å². The fourth-order valence-corrected chi connectivity index (χ4v) is 5.61. The van der Waals surface area contributed by atoms with Crippen LogP contribution >= 0.6 is 0 Å². The molecule has 1 N–H and O–H groups in total. The zero-order valence-electron chi connectivity index (χ0n) is 23.3. The Balaban J connectivity index is 1.57. The van der Waals surface area contributed by atoms with Crippen LogP contribution in [0.15, 0.2) is 60.7 Å². The monoisotopic (exact) mass is 579 g/mol. The molecule has 216 valence electrons. The zero-order chi connectivity index (χ0) is 29.1.